The summed E-state index contributed by atoms with van der Waals surface area (Å²) < 4.78 is 25.7. The number of likely N-dealkylation sites (tertiary alicyclic amines) is 1. The summed E-state index contributed by atoms with van der Waals surface area (Å²) in [6.45, 7) is 1.70. The third kappa shape index (κ3) is 4.88. The summed E-state index contributed by atoms with van der Waals surface area (Å²) >= 11 is 0. The molecule has 0 spiro atoms. The smallest absolute Gasteiger partial charge is 0.410 e. The van der Waals surface area contributed by atoms with Crippen LogP contribution in [0.5, 0.6) is 0 Å². The van der Waals surface area contributed by atoms with E-state index in [9.17, 15) is 19.2 Å². The Morgan fingerprint density at radius 2 is 2.21 bits per heavy atom. The van der Waals surface area contributed by atoms with Crippen LogP contribution >= 0.6 is 0 Å². The topological polar surface area (TPSA) is 148 Å². The van der Waals surface area contributed by atoms with Gasteiger partial charge in [-0.2, -0.15) is 14.8 Å². The highest BCUT2D eigenvalue weighted by Gasteiger charge is 2.40. The number of hydrogen-bond donors (Lipinski definition) is 2. The van der Waals surface area contributed by atoms with Gasteiger partial charge in [-0.05, 0) is 18.9 Å². The summed E-state index contributed by atoms with van der Waals surface area (Å²) in [4.78, 5) is 29.6. The second-order valence-electron chi connectivity index (χ2n) is 8.11. The Balaban J connectivity index is 1.53. The summed E-state index contributed by atoms with van der Waals surface area (Å²) in [5, 5.41) is 16.9. The van der Waals surface area contributed by atoms with Crippen molar-refractivity contribution in [2.75, 3.05) is 31.6 Å². The molecule has 0 aromatic carbocycles. The van der Waals surface area contributed by atoms with Crippen LogP contribution in [0.2, 0.25) is 0 Å². The van der Waals surface area contributed by atoms with Gasteiger partial charge >= 0.3 is 6.09 Å². The molecule has 2 aliphatic heterocycles. The van der Waals surface area contributed by atoms with E-state index < -0.39 is 23.5 Å². The van der Waals surface area contributed by atoms with Crippen LogP contribution in [0.3, 0.4) is 0 Å². The molecule has 2 fully saturated rings. The molecule has 2 amide bonds. The van der Waals surface area contributed by atoms with Crippen LogP contribution in [0.1, 0.15) is 36.0 Å². The molecule has 2 aromatic heterocycles. The van der Waals surface area contributed by atoms with E-state index in [0.717, 1.165) is 6.07 Å². The quantitative estimate of drug-likeness (QED) is 0.625. The number of anilines is 2. The molecule has 0 saturated carbocycles. The highest BCUT2D eigenvalue weighted by atomic mass is 19.1. The number of nitrogens with one attached hydrogen (secondary N) is 1. The van der Waals surface area contributed by atoms with Crippen LogP contribution < -0.4 is 11.1 Å². The van der Waals surface area contributed by atoms with Gasteiger partial charge in [0, 0.05) is 43.7 Å². The van der Waals surface area contributed by atoms with E-state index in [1.54, 1.807) is 9.58 Å². The largest absolute Gasteiger partial charge is 0.444 e. The van der Waals surface area contributed by atoms with Crippen molar-refractivity contribution in [3.63, 3.8) is 0 Å². The summed E-state index contributed by atoms with van der Waals surface area (Å²) in [5.41, 5.74) is 5.24. The summed E-state index contributed by atoms with van der Waals surface area (Å²) in [6, 6.07) is 4.87. The summed E-state index contributed by atoms with van der Waals surface area (Å²) in [7, 11) is 0. The molecule has 0 radical (unpaired) electrons. The number of nitrogens with zero attached hydrogens (tertiary/aromatic N) is 5. The van der Waals surface area contributed by atoms with Crippen LogP contribution in [0.25, 0.3) is 0 Å². The molecule has 4 heterocycles. The van der Waals surface area contributed by atoms with Gasteiger partial charge in [0.2, 0.25) is 5.95 Å². The number of primary amides is 1. The predicted molar refractivity (Wildman–Crippen MR) is 113 cm³/mol. The van der Waals surface area contributed by atoms with Gasteiger partial charge in [0.15, 0.2) is 5.82 Å². The molecule has 2 aromatic rings. The Labute approximate surface area is 189 Å². The van der Waals surface area contributed by atoms with E-state index in [1.807, 2.05) is 0 Å². The number of rotatable bonds is 6. The van der Waals surface area contributed by atoms with E-state index >= 15 is 0 Å². The fourth-order valence-corrected chi connectivity index (χ4v) is 4.07. The molecule has 11 nitrogen and oxygen atoms in total. The minimum atomic E-state index is -0.740. The number of pyridine rings is 1. The number of piperidine rings is 1. The number of nitriles is 1. The molecule has 1 atom stereocenters. The molecule has 2 aliphatic rings. The zero-order chi connectivity index (χ0) is 23.4. The number of hydrogen-bond acceptors (Lipinski definition) is 8. The number of halogens is 1. The van der Waals surface area contributed by atoms with E-state index in [2.05, 4.69) is 21.5 Å². The molecular formula is C21H24FN7O4. The number of aromatic nitrogens is 3. The normalized spacial score (nSPS) is 19.6. The number of nitrogens with two attached hydrogens (primary N) is 1. The van der Waals surface area contributed by atoms with Crippen LogP contribution in [0.4, 0.5) is 20.7 Å². The fourth-order valence-electron chi connectivity index (χ4n) is 4.07. The van der Waals surface area contributed by atoms with Gasteiger partial charge in [-0.3, -0.25) is 9.48 Å². The zero-order valence-electron chi connectivity index (χ0n) is 17.9. The highest BCUT2D eigenvalue weighted by Crippen LogP contribution is 2.35. The average molecular weight is 457 g/mol. The van der Waals surface area contributed by atoms with Gasteiger partial charge in [0.05, 0.1) is 31.2 Å². The molecule has 12 heteroatoms. The molecule has 0 unspecified atom stereocenters. The van der Waals surface area contributed by atoms with E-state index in [-0.39, 0.29) is 23.9 Å². The van der Waals surface area contributed by atoms with Crippen LogP contribution in [0.15, 0.2) is 24.5 Å². The van der Waals surface area contributed by atoms with E-state index in [4.69, 9.17) is 15.2 Å². The maximum absolute atomic E-state index is 13.5. The number of carbonyl (C=O) groups excluding carboxylic acids is 2. The molecule has 0 bridgehead atoms. The first kappa shape index (κ1) is 22.5. The van der Waals surface area contributed by atoms with Crippen molar-refractivity contribution in [1.29, 1.82) is 5.26 Å². The van der Waals surface area contributed by atoms with Crippen molar-refractivity contribution >= 4 is 23.5 Å². The Bertz CT molecular complexity index is 1070. The first-order chi connectivity index (χ1) is 15.9. The Morgan fingerprint density at radius 1 is 1.42 bits per heavy atom. The number of amides is 2. The van der Waals surface area contributed by atoms with Crippen molar-refractivity contribution in [2.45, 2.75) is 37.3 Å². The summed E-state index contributed by atoms with van der Waals surface area (Å²) in [6.07, 6.45) is 3.79. The van der Waals surface area contributed by atoms with Crippen LogP contribution in [-0.4, -0.2) is 64.1 Å². The van der Waals surface area contributed by atoms with Crippen LogP contribution in [0, 0.1) is 17.3 Å². The predicted octanol–water partition coefficient (Wildman–Crippen LogP) is 1.89. The van der Waals surface area contributed by atoms with E-state index in [0.29, 0.717) is 51.3 Å². The molecule has 2 saturated heterocycles. The van der Waals surface area contributed by atoms with Gasteiger partial charge < -0.3 is 25.4 Å². The van der Waals surface area contributed by atoms with Gasteiger partial charge in [-0.1, -0.05) is 0 Å². The third-order valence-electron chi connectivity index (χ3n) is 5.97. The van der Waals surface area contributed by atoms with Crippen molar-refractivity contribution in [2.24, 2.45) is 5.73 Å². The van der Waals surface area contributed by atoms with E-state index in [1.165, 1.54) is 18.5 Å². The molecule has 3 N–H and O–H groups in total. The maximum atomic E-state index is 13.5. The molecule has 174 valence electrons. The maximum Gasteiger partial charge on any atom is 0.410 e. The van der Waals surface area contributed by atoms with Crippen molar-refractivity contribution in [3.8, 4) is 6.07 Å². The lowest BCUT2D eigenvalue weighted by Gasteiger charge is -2.40. The van der Waals surface area contributed by atoms with Crippen molar-refractivity contribution in [1.82, 2.24) is 19.7 Å². The molecule has 33 heavy (non-hydrogen) atoms. The Kier molecular flexibility index (Phi) is 6.41. The number of carbonyl (C=O) groups is 2. The second kappa shape index (κ2) is 9.41. The van der Waals surface area contributed by atoms with Crippen molar-refractivity contribution in [3.05, 3.63) is 36.0 Å². The first-order valence-electron chi connectivity index (χ1n) is 10.6. The lowest BCUT2D eigenvalue weighted by molar-refractivity contribution is 0.0350. The monoisotopic (exact) mass is 457 g/mol. The zero-order valence-corrected chi connectivity index (χ0v) is 17.9. The Morgan fingerprint density at radius 3 is 2.85 bits per heavy atom. The van der Waals surface area contributed by atoms with Crippen molar-refractivity contribution < 1.29 is 23.5 Å². The van der Waals surface area contributed by atoms with Gasteiger partial charge in [-0.15, -0.1) is 0 Å². The third-order valence-corrected chi connectivity index (χ3v) is 5.97. The lowest BCUT2D eigenvalue weighted by Crippen LogP contribution is -2.49. The molecule has 4 rings (SSSR count). The number of ether oxygens (including phenoxy) is 2. The fraction of sp³-hybridized carbons (Fsp3) is 0.476. The second-order valence-corrected chi connectivity index (χ2v) is 8.11. The van der Waals surface area contributed by atoms with Gasteiger partial charge in [-0.25, -0.2) is 9.78 Å². The van der Waals surface area contributed by atoms with Gasteiger partial charge in [0.1, 0.15) is 11.7 Å². The minimum Gasteiger partial charge on any atom is -0.444 e. The Hall–Kier alpha value is -3.72. The first-order valence-corrected chi connectivity index (χ1v) is 10.6. The summed E-state index contributed by atoms with van der Waals surface area (Å²) in [5.74, 6) is -1.26. The standard InChI is InChI=1S/C21H24FN7O4/c22-17-11-14(1-7-25-17)26-19-16(18(24)30)12-29(27-19)21(3-6-23)4-8-28(9-5-21)20(31)33-15-2-10-32-13-15/h1,7,11-12,15H,2-5,8-10,13H2,(H2,24,30)(H,25,26,27)/t15-/m0/s1. The molecular weight excluding hydrogens is 433 g/mol. The lowest BCUT2D eigenvalue weighted by atomic mass is 9.85. The highest BCUT2D eigenvalue weighted by molar-refractivity contribution is 5.98. The molecule has 0 aliphatic carbocycles. The average Bonchev–Trinajstić information content (AvgIpc) is 3.45. The SMILES string of the molecule is N#CCC1(n2cc(C(N)=O)c(Nc3ccnc(F)c3)n2)CCN(C(=O)O[C@H]2CCOC2)CC1. The van der Waals surface area contributed by atoms with Crippen LogP contribution in [-0.2, 0) is 15.0 Å². The van der Waals surface area contributed by atoms with Gasteiger partial charge in [0.25, 0.3) is 5.91 Å². The minimum absolute atomic E-state index is 0.104.